The van der Waals surface area contributed by atoms with Crippen LogP contribution in [-0.4, -0.2) is 0 Å². The zero-order valence-electron chi connectivity index (χ0n) is 6.32. The Bertz CT molecular complexity index is 103. The molecule has 0 radical (unpaired) electrons. The van der Waals surface area contributed by atoms with Crippen LogP contribution >= 0.6 is 0 Å². The van der Waals surface area contributed by atoms with Gasteiger partial charge in [-0.15, -0.1) is 0 Å². The van der Waals surface area contributed by atoms with Gasteiger partial charge in [0.2, 0.25) is 0 Å². The van der Waals surface area contributed by atoms with Crippen LogP contribution in [0.5, 0.6) is 0 Å². The van der Waals surface area contributed by atoms with Gasteiger partial charge in [-0.2, -0.15) is 0 Å². The minimum absolute atomic E-state index is 0.860. The highest BCUT2D eigenvalue weighted by molar-refractivity contribution is 5.02. The van der Waals surface area contributed by atoms with Crippen LogP contribution in [0.15, 0.2) is 12.2 Å². The zero-order chi connectivity index (χ0) is 6.69. The predicted octanol–water partition coefficient (Wildman–Crippen LogP) is 3.14. The summed E-state index contributed by atoms with van der Waals surface area (Å²) in [4.78, 5) is 0. The topological polar surface area (TPSA) is 0 Å². The fraction of sp³-hybridized carbons (Fsp3) is 0.778. The summed E-state index contributed by atoms with van der Waals surface area (Å²) in [7, 11) is 0. The summed E-state index contributed by atoms with van der Waals surface area (Å²) in [5.41, 5.74) is 1.50. The van der Waals surface area contributed by atoms with Crippen LogP contribution in [0.4, 0.5) is 0 Å². The van der Waals surface area contributed by atoms with E-state index in [0.29, 0.717) is 0 Å². The first-order valence-corrected chi connectivity index (χ1v) is 4.02. The van der Waals surface area contributed by atoms with Crippen molar-refractivity contribution in [2.45, 2.75) is 39.0 Å². The van der Waals surface area contributed by atoms with Gasteiger partial charge in [-0.05, 0) is 31.6 Å². The summed E-state index contributed by atoms with van der Waals surface area (Å²) in [6, 6.07) is 0. The molecule has 1 saturated carbocycles. The predicted molar refractivity (Wildman–Crippen MR) is 41.4 cm³/mol. The van der Waals surface area contributed by atoms with Crippen LogP contribution in [0.25, 0.3) is 0 Å². The Morgan fingerprint density at radius 2 is 2.33 bits per heavy atom. The van der Waals surface area contributed by atoms with E-state index >= 15 is 0 Å². The van der Waals surface area contributed by atoms with Gasteiger partial charge in [0.1, 0.15) is 0 Å². The third-order valence-corrected chi connectivity index (χ3v) is 2.37. The maximum atomic E-state index is 4.07. The molecule has 0 spiro atoms. The Morgan fingerprint density at radius 1 is 1.56 bits per heavy atom. The van der Waals surface area contributed by atoms with E-state index in [2.05, 4.69) is 13.5 Å². The molecule has 1 atom stereocenters. The van der Waals surface area contributed by atoms with Crippen LogP contribution in [0, 0.1) is 5.92 Å². The van der Waals surface area contributed by atoms with Crippen molar-refractivity contribution in [2.24, 2.45) is 5.92 Å². The summed E-state index contributed by atoms with van der Waals surface area (Å²) in [5, 5.41) is 0. The Labute approximate surface area is 58.0 Å². The molecule has 0 heterocycles. The Morgan fingerprint density at radius 3 is 2.78 bits per heavy atom. The van der Waals surface area contributed by atoms with Gasteiger partial charge in [0, 0.05) is 0 Å². The molecular formula is C9H16. The highest BCUT2D eigenvalue weighted by atomic mass is 14.2. The lowest BCUT2D eigenvalue weighted by Gasteiger charge is -2.22. The largest absolute Gasteiger partial charge is 0.0996 e. The smallest absolute Gasteiger partial charge is 0.0209 e. The molecule has 0 heteroatoms. The summed E-state index contributed by atoms with van der Waals surface area (Å²) in [5.74, 6) is 0.860. The molecule has 0 N–H and O–H groups in total. The second-order valence-electron chi connectivity index (χ2n) is 3.01. The van der Waals surface area contributed by atoms with Gasteiger partial charge in [-0.1, -0.05) is 25.5 Å². The molecule has 1 rings (SSSR count). The molecular weight excluding hydrogens is 108 g/mol. The van der Waals surface area contributed by atoms with Crippen LogP contribution in [0.3, 0.4) is 0 Å². The molecule has 0 bridgehead atoms. The first kappa shape index (κ1) is 6.85. The summed E-state index contributed by atoms with van der Waals surface area (Å²) in [6.07, 6.45) is 6.81. The van der Waals surface area contributed by atoms with Crippen LogP contribution in [0.1, 0.15) is 39.0 Å². The molecule has 0 nitrogen and oxygen atoms in total. The number of hydrogen-bond acceptors (Lipinski definition) is 0. The summed E-state index contributed by atoms with van der Waals surface area (Å²) >= 11 is 0. The Balaban J connectivity index is 2.39. The van der Waals surface area contributed by atoms with E-state index in [9.17, 15) is 0 Å². The van der Waals surface area contributed by atoms with Gasteiger partial charge in [0.15, 0.2) is 0 Å². The van der Waals surface area contributed by atoms with Crippen molar-refractivity contribution >= 4 is 0 Å². The average molecular weight is 124 g/mol. The van der Waals surface area contributed by atoms with E-state index in [1.807, 2.05) is 0 Å². The van der Waals surface area contributed by atoms with E-state index < -0.39 is 0 Å². The second kappa shape index (κ2) is 3.05. The van der Waals surface area contributed by atoms with Gasteiger partial charge in [0.25, 0.3) is 0 Å². The fourth-order valence-corrected chi connectivity index (χ4v) is 1.64. The molecule has 0 amide bonds. The van der Waals surface area contributed by atoms with Crippen molar-refractivity contribution in [1.82, 2.24) is 0 Å². The van der Waals surface area contributed by atoms with E-state index in [-0.39, 0.29) is 0 Å². The molecule has 0 aromatic carbocycles. The van der Waals surface area contributed by atoms with E-state index in [1.54, 1.807) is 0 Å². The second-order valence-corrected chi connectivity index (χ2v) is 3.01. The SMILES string of the molecule is C=C1CCCCC1CC. The van der Waals surface area contributed by atoms with Crippen LogP contribution < -0.4 is 0 Å². The van der Waals surface area contributed by atoms with Crippen molar-refractivity contribution in [3.05, 3.63) is 12.2 Å². The molecule has 0 saturated heterocycles. The molecule has 1 unspecified atom stereocenters. The third-order valence-electron chi connectivity index (χ3n) is 2.37. The normalized spacial score (nSPS) is 28.6. The fourth-order valence-electron chi connectivity index (χ4n) is 1.64. The molecule has 0 aliphatic heterocycles. The Kier molecular flexibility index (Phi) is 2.32. The van der Waals surface area contributed by atoms with Gasteiger partial charge in [0.05, 0.1) is 0 Å². The standard InChI is InChI=1S/C9H16/c1-3-9-7-5-4-6-8(9)2/h9H,2-7H2,1H3. The van der Waals surface area contributed by atoms with Crippen molar-refractivity contribution in [3.8, 4) is 0 Å². The molecule has 1 fully saturated rings. The molecule has 1 aliphatic rings. The van der Waals surface area contributed by atoms with Crippen molar-refractivity contribution < 1.29 is 0 Å². The lowest BCUT2D eigenvalue weighted by molar-refractivity contribution is 0.444. The van der Waals surface area contributed by atoms with Gasteiger partial charge in [-0.3, -0.25) is 0 Å². The lowest BCUT2D eigenvalue weighted by Crippen LogP contribution is -2.07. The number of hydrogen-bond donors (Lipinski definition) is 0. The zero-order valence-corrected chi connectivity index (χ0v) is 6.32. The summed E-state index contributed by atoms with van der Waals surface area (Å²) < 4.78 is 0. The minimum atomic E-state index is 0.860. The quantitative estimate of drug-likeness (QED) is 0.471. The summed E-state index contributed by atoms with van der Waals surface area (Å²) in [6.45, 7) is 6.33. The molecule has 0 aromatic rings. The minimum Gasteiger partial charge on any atom is -0.0996 e. The van der Waals surface area contributed by atoms with Crippen molar-refractivity contribution in [1.29, 1.82) is 0 Å². The first-order valence-electron chi connectivity index (χ1n) is 4.02. The number of allylic oxidation sites excluding steroid dienone is 1. The first-order chi connectivity index (χ1) is 4.34. The average Bonchev–Trinajstić information content (AvgIpc) is 1.89. The molecule has 0 aromatic heterocycles. The van der Waals surface area contributed by atoms with E-state index in [4.69, 9.17) is 0 Å². The maximum absolute atomic E-state index is 4.07. The highest BCUT2D eigenvalue weighted by Gasteiger charge is 2.13. The molecule has 52 valence electrons. The number of rotatable bonds is 1. The molecule has 9 heavy (non-hydrogen) atoms. The van der Waals surface area contributed by atoms with Gasteiger partial charge < -0.3 is 0 Å². The van der Waals surface area contributed by atoms with Crippen LogP contribution in [-0.2, 0) is 0 Å². The highest BCUT2D eigenvalue weighted by Crippen LogP contribution is 2.29. The van der Waals surface area contributed by atoms with Gasteiger partial charge >= 0.3 is 0 Å². The van der Waals surface area contributed by atoms with Crippen LogP contribution in [0.2, 0.25) is 0 Å². The Hall–Kier alpha value is -0.260. The van der Waals surface area contributed by atoms with Gasteiger partial charge in [-0.25, -0.2) is 0 Å². The maximum Gasteiger partial charge on any atom is -0.0209 e. The third kappa shape index (κ3) is 1.57. The van der Waals surface area contributed by atoms with Crippen molar-refractivity contribution in [3.63, 3.8) is 0 Å². The monoisotopic (exact) mass is 124 g/mol. The van der Waals surface area contributed by atoms with Crippen molar-refractivity contribution in [2.75, 3.05) is 0 Å². The molecule has 1 aliphatic carbocycles. The van der Waals surface area contributed by atoms with E-state index in [0.717, 1.165) is 5.92 Å². The lowest BCUT2D eigenvalue weighted by atomic mass is 9.84. The van der Waals surface area contributed by atoms with E-state index in [1.165, 1.54) is 37.7 Å².